The maximum Gasteiger partial charge on any atom is 0.333 e. The van der Waals surface area contributed by atoms with E-state index >= 15 is 0 Å². The molecule has 1 aliphatic rings. The molecule has 0 saturated heterocycles. The Labute approximate surface area is 118 Å². The Morgan fingerprint density at radius 3 is 2.35 bits per heavy atom. The zero-order valence-corrected chi connectivity index (χ0v) is 12.1. The Bertz CT molecular complexity index is 415. The van der Waals surface area contributed by atoms with Crippen molar-refractivity contribution >= 4 is 17.7 Å². The number of esters is 2. The first kappa shape index (κ1) is 16.2. The standard InChI is InChI=1S/C14H20O6/c1-18-10(8-12(16)19-2)9-14(13(17)20-3)7-5-4-6-11(14)15/h8H,4-7,9H2,1-3H3/b10-8-. The molecule has 1 atom stereocenters. The summed E-state index contributed by atoms with van der Waals surface area (Å²) in [7, 11) is 3.88. The fourth-order valence-corrected chi connectivity index (χ4v) is 2.43. The first-order valence-corrected chi connectivity index (χ1v) is 6.44. The SMILES string of the molecule is COC(=O)/C=C(/CC1(C(=O)OC)CCCCC1=O)OC. The van der Waals surface area contributed by atoms with E-state index in [-0.39, 0.29) is 18.0 Å². The molecule has 1 fully saturated rings. The average Bonchev–Trinajstić information content (AvgIpc) is 2.47. The summed E-state index contributed by atoms with van der Waals surface area (Å²) in [5.41, 5.74) is -1.25. The number of Topliss-reactive ketones (excluding diaryl/α,β-unsaturated/α-hetero) is 1. The highest BCUT2D eigenvalue weighted by molar-refractivity contribution is 6.04. The third-order valence-corrected chi connectivity index (χ3v) is 3.59. The Hall–Kier alpha value is -1.85. The molecule has 0 bridgehead atoms. The molecule has 0 aromatic carbocycles. The Kier molecular flexibility index (Phi) is 5.73. The van der Waals surface area contributed by atoms with Gasteiger partial charge in [0.1, 0.15) is 11.2 Å². The molecule has 6 heteroatoms. The van der Waals surface area contributed by atoms with Gasteiger partial charge in [-0.15, -0.1) is 0 Å². The lowest BCUT2D eigenvalue weighted by Crippen LogP contribution is -2.43. The molecule has 1 rings (SSSR count). The van der Waals surface area contributed by atoms with Crippen molar-refractivity contribution in [2.24, 2.45) is 5.41 Å². The van der Waals surface area contributed by atoms with Crippen LogP contribution in [-0.4, -0.2) is 39.1 Å². The van der Waals surface area contributed by atoms with Crippen molar-refractivity contribution in [2.45, 2.75) is 32.1 Å². The molecule has 0 amide bonds. The second-order valence-electron chi connectivity index (χ2n) is 4.72. The number of carbonyl (C=O) groups is 3. The lowest BCUT2D eigenvalue weighted by molar-refractivity contribution is -0.160. The van der Waals surface area contributed by atoms with Gasteiger partial charge < -0.3 is 14.2 Å². The lowest BCUT2D eigenvalue weighted by Gasteiger charge is -2.33. The predicted molar refractivity (Wildman–Crippen MR) is 69.6 cm³/mol. The van der Waals surface area contributed by atoms with Crippen molar-refractivity contribution in [1.29, 1.82) is 0 Å². The molecule has 0 radical (unpaired) electrons. The van der Waals surface area contributed by atoms with Crippen LogP contribution in [0.3, 0.4) is 0 Å². The number of methoxy groups -OCH3 is 3. The van der Waals surface area contributed by atoms with E-state index in [1.54, 1.807) is 0 Å². The topological polar surface area (TPSA) is 78.9 Å². The zero-order valence-electron chi connectivity index (χ0n) is 12.1. The number of allylic oxidation sites excluding steroid dienone is 1. The van der Waals surface area contributed by atoms with Crippen LogP contribution in [0.25, 0.3) is 0 Å². The minimum atomic E-state index is -1.25. The van der Waals surface area contributed by atoms with Crippen molar-refractivity contribution in [2.75, 3.05) is 21.3 Å². The smallest absolute Gasteiger partial charge is 0.333 e. The van der Waals surface area contributed by atoms with Crippen molar-refractivity contribution in [3.05, 3.63) is 11.8 Å². The van der Waals surface area contributed by atoms with E-state index in [4.69, 9.17) is 9.47 Å². The van der Waals surface area contributed by atoms with Crippen LogP contribution in [0.1, 0.15) is 32.1 Å². The highest BCUT2D eigenvalue weighted by Gasteiger charge is 2.48. The molecule has 0 aromatic heterocycles. The van der Waals surface area contributed by atoms with Gasteiger partial charge in [0.25, 0.3) is 0 Å². The summed E-state index contributed by atoms with van der Waals surface area (Å²) in [6.45, 7) is 0. The fraction of sp³-hybridized carbons (Fsp3) is 0.643. The summed E-state index contributed by atoms with van der Waals surface area (Å²) in [5.74, 6) is -1.10. The van der Waals surface area contributed by atoms with Crippen molar-refractivity contribution in [3.63, 3.8) is 0 Å². The van der Waals surface area contributed by atoms with Gasteiger partial charge in [0.05, 0.1) is 27.4 Å². The quantitative estimate of drug-likeness (QED) is 0.328. The minimum Gasteiger partial charge on any atom is -0.501 e. The second kappa shape index (κ2) is 7.07. The van der Waals surface area contributed by atoms with Crippen LogP contribution in [0.15, 0.2) is 11.8 Å². The van der Waals surface area contributed by atoms with Crippen molar-refractivity contribution in [1.82, 2.24) is 0 Å². The van der Waals surface area contributed by atoms with Crippen LogP contribution in [-0.2, 0) is 28.6 Å². The molecule has 1 unspecified atom stereocenters. The van der Waals surface area contributed by atoms with Crippen molar-refractivity contribution in [3.8, 4) is 0 Å². The highest BCUT2D eigenvalue weighted by Crippen LogP contribution is 2.40. The maximum atomic E-state index is 12.2. The molecule has 0 heterocycles. The number of ketones is 1. The van der Waals surface area contributed by atoms with Gasteiger partial charge in [-0.3, -0.25) is 9.59 Å². The molecule has 1 aliphatic carbocycles. The second-order valence-corrected chi connectivity index (χ2v) is 4.72. The fourth-order valence-electron chi connectivity index (χ4n) is 2.43. The molecule has 112 valence electrons. The van der Waals surface area contributed by atoms with E-state index in [0.29, 0.717) is 12.8 Å². The zero-order chi connectivity index (χ0) is 15.2. The van der Waals surface area contributed by atoms with Crippen LogP contribution in [0.4, 0.5) is 0 Å². The van der Waals surface area contributed by atoms with Gasteiger partial charge in [-0.2, -0.15) is 0 Å². The molecule has 0 aromatic rings. The maximum absolute atomic E-state index is 12.2. The molecule has 6 nitrogen and oxygen atoms in total. The summed E-state index contributed by atoms with van der Waals surface area (Å²) in [4.78, 5) is 35.6. The summed E-state index contributed by atoms with van der Waals surface area (Å²) in [6, 6.07) is 0. The molecular formula is C14H20O6. The minimum absolute atomic E-state index is 0.0180. The van der Waals surface area contributed by atoms with Gasteiger partial charge in [-0.1, -0.05) is 6.42 Å². The van der Waals surface area contributed by atoms with E-state index in [1.807, 2.05) is 0 Å². The van der Waals surface area contributed by atoms with Crippen molar-refractivity contribution < 1.29 is 28.6 Å². The molecule has 0 N–H and O–H groups in total. The Morgan fingerprint density at radius 2 is 1.85 bits per heavy atom. The monoisotopic (exact) mass is 284 g/mol. The van der Waals surface area contributed by atoms with Crippen LogP contribution in [0.2, 0.25) is 0 Å². The lowest BCUT2D eigenvalue weighted by atomic mass is 9.70. The normalized spacial score (nSPS) is 23.1. The Morgan fingerprint density at radius 1 is 1.15 bits per heavy atom. The Balaban J connectivity index is 3.06. The largest absolute Gasteiger partial charge is 0.501 e. The summed E-state index contributed by atoms with van der Waals surface area (Å²) < 4.78 is 14.4. The first-order valence-electron chi connectivity index (χ1n) is 6.44. The number of ether oxygens (including phenoxy) is 3. The van der Waals surface area contributed by atoms with Gasteiger partial charge in [0, 0.05) is 12.8 Å². The van der Waals surface area contributed by atoms with E-state index in [1.165, 1.54) is 21.3 Å². The van der Waals surface area contributed by atoms with Crippen LogP contribution in [0.5, 0.6) is 0 Å². The van der Waals surface area contributed by atoms with E-state index in [0.717, 1.165) is 18.9 Å². The van der Waals surface area contributed by atoms with E-state index in [2.05, 4.69) is 4.74 Å². The molecule has 20 heavy (non-hydrogen) atoms. The third kappa shape index (κ3) is 3.37. The average molecular weight is 284 g/mol. The number of hydrogen-bond donors (Lipinski definition) is 0. The summed E-state index contributed by atoms with van der Waals surface area (Å²) in [6.07, 6.45) is 3.43. The van der Waals surface area contributed by atoms with Gasteiger partial charge in [0.15, 0.2) is 5.78 Å². The van der Waals surface area contributed by atoms with Gasteiger partial charge in [0.2, 0.25) is 0 Å². The van der Waals surface area contributed by atoms with E-state index in [9.17, 15) is 14.4 Å². The first-order chi connectivity index (χ1) is 9.50. The van der Waals surface area contributed by atoms with E-state index < -0.39 is 17.4 Å². The predicted octanol–water partition coefficient (Wildman–Crippen LogP) is 1.38. The van der Waals surface area contributed by atoms with Gasteiger partial charge >= 0.3 is 11.9 Å². The number of rotatable bonds is 5. The number of carbonyl (C=O) groups excluding carboxylic acids is 3. The highest BCUT2D eigenvalue weighted by atomic mass is 16.5. The van der Waals surface area contributed by atoms with Crippen LogP contribution >= 0.6 is 0 Å². The third-order valence-electron chi connectivity index (χ3n) is 3.59. The van der Waals surface area contributed by atoms with Gasteiger partial charge in [-0.05, 0) is 12.8 Å². The van der Waals surface area contributed by atoms with Crippen LogP contribution < -0.4 is 0 Å². The summed E-state index contributed by atoms with van der Waals surface area (Å²) in [5, 5.41) is 0. The molecule has 1 saturated carbocycles. The molecule has 0 aliphatic heterocycles. The summed E-state index contributed by atoms with van der Waals surface area (Å²) >= 11 is 0. The van der Waals surface area contributed by atoms with Crippen LogP contribution in [0, 0.1) is 5.41 Å². The number of hydrogen-bond acceptors (Lipinski definition) is 6. The molecule has 0 spiro atoms. The molecular weight excluding hydrogens is 264 g/mol. The van der Waals surface area contributed by atoms with Gasteiger partial charge in [-0.25, -0.2) is 4.79 Å².